The summed E-state index contributed by atoms with van der Waals surface area (Å²) in [4.78, 5) is 41.3. The number of ketones is 2. The molecule has 0 radical (unpaired) electrons. The molecule has 42 heavy (non-hydrogen) atoms. The molecule has 0 bridgehead atoms. The Morgan fingerprint density at radius 3 is 1.67 bits per heavy atom. The first kappa shape index (κ1) is 38.1. The summed E-state index contributed by atoms with van der Waals surface area (Å²) in [6, 6.07) is 0. The van der Waals surface area contributed by atoms with Gasteiger partial charge in [-0.1, -0.05) is 114 Å². The van der Waals surface area contributed by atoms with E-state index in [-0.39, 0.29) is 35.1 Å². The Balaban J connectivity index is 3.37. The average Bonchev–Trinajstić information content (AvgIpc) is 2.91. The van der Waals surface area contributed by atoms with Crippen LogP contribution in [0.3, 0.4) is 0 Å². The first-order valence-corrected chi connectivity index (χ1v) is 17.2. The van der Waals surface area contributed by atoms with Gasteiger partial charge in [0.1, 0.15) is 11.3 Å². The molecule has 0 unspecified atom stereocenters. The van der Waals surface area contributed by atoms with E-state index >= 15 is 0 Å². The second kappa shape index (κ2) is 19.4. The minimum atomic E-state index is -1.16. The number of hydrogen-bond acceptors (Lipinski definition) is 5. The van der Waals surface area contributed by atoms with E-state index in [1.807, 2.05) is 0 Å². The van der Waals surface area contributed by atoms with Gasteiger partial charge in [-0.15, -0.1) is 0 Å². The van der Waals surface area contributed by atoms with Gasteiger partial charge in [0.15, 0.2) is 17.3 Å². The molecule has 0 saturated heterocycles. The van der Waals surface area contributed by atoms with Crippen molar-refractivity contribution in [2.45, 2.75) is 165 Å². The quantitative estimate of drug-likeness (QED) is 0.0773. The zero-order valence-corrected chi connectivity index (χ0v) is 28.7. The molecule has 5 nitrogen and oxygen atoms in total. The van der Waals surface area contributed by atoms with Crippen LogP contribution in [0.5, 0.6) is 0 Å². The van der Waals surface area contributed by atoms with Gasteiger partial charge in [-0.05, 0) is 62.7 Å². The van der Waals surface area contributed by atoms with Crippen molar-refractivity contribution in [3.8, 4) is 0 Å². The lowest BCUT2D eigenvalue weighted by atomic mass is 9.64. The zero-order valence-electron chi connectivity index (χ0n) is 28.7. The van der Waals surface area contributed by atoms with Crippen molar-refractivity contribution in [2.75, 3.05) is 0 Å². The molecule has 0 heterocycles. The number of carbonyl (C=O) groups is 3. The van der Waals surface area contributed by atoms with Crippen molar-refractivity contribution < 1.29 is 24.2 Å². The number of aliphatic hydroxyl groups excluding tert-OH is 1. The number of Topliss-reactive ketones (excluding diaryl/α,β-unsaturated/α-hetero) is 2. The normalized spacial score (nSPS) is 15.6. The van der Waals surface area contributed by atoms with Crippen molar-refractivity contribution in [1.82, 2.24) is 0 Å². The molecule has 0 saturated carbocycles. The van der Waals surface area contributed by atoms with Gasteiger partial charge in [0.2, 0.25) is 0 Å². The minimum Gasteiger partial charge on any atom is -0.511 e. The van der Waals surface area contributed by atoms with E-state index < -0.39 is 17.3 Å². The molecule has 0 aliphatic heterocycles. The first-order valence-electron chi connectivity index (χ1n) is 17.2. The Bertz CT molecular complexity index is 906. The number of aliphatic hydroxyl groups is 1. The van der Waals surface area contributed by atoms with Crippen LogP contribution >= 0.6 is 0 Å². The molecule has 0 atom stereocenters. The van der Waals surface area contributed by atoms with Crippen LogP contribution in [0, 0.1) is 29.1 Å². The zero-order chi connectivity index (χ0) is 31.9. The molecule has 1 rings (SSSR count). The van der Waals surface area contributed by atoms with Crippen LogP contribution in [-0.4, -0.2) is 22.6 Å². The van der Waals surface area contributed by atoms with Gasteiger partial charge in [0, 0.05) is 17.9 Å². The van der Waals surface area contributed by atoms with Crippen LogP contribution < -0.4 is 0 Å². The molecule has 0 spiro atoms. The van der Waals surface area contributed by atoms with Crippen LogP contribution in [0.15, 0.2) is 22.7 Å². The van der Waals surface area contributed by atoms with E-state index in [4.69, 9.17) is 4.74 Å². The fourth-order valence-corrected chi connectivity index (χ4v) is 5.69. The van der Waals surface area contributed by atoms with Crippen molar-refractivity contribution in [3.05, 3.63) is 22.7 Å². The minimum absolute atomic E-state index is 0.00509. The van der Waals surface area contributed by atoms with Crippen LogP contribution in [0.1, 0.15) is 165 Å². The Morgan fingerprint density at radius 2 is 1.21 bits per heavy atom. The number of ether oxygens (including phenoxy) is 1. The standard InChI is InChI=1S/C37H64O5/c1-10-11-12-13-14-15-16-17-18-19-31(38)42-34-30(21-20-26(2)3)35(40)37(24-22-27(4)5,25-23-28(6)7)36(41)32(34)33(39)29(8)9/h26-29,40H,10-25H2,1-9H3. The highest BCUT2D eigenvalue weighted by Crippen LogP contribution is 2.49. The fraction of sp³-hybridized carbons (Fsp3) is 0.811. The summed E-state index contributed by atoms with van der Waals surface area (Å²) >= 11 is 0. The molecule has 0 amide bonds. The van der Waals surface area contributed by atoms with Crippen LogP contribution in [0.4, 0.5) is 0 Å². The smallest absolute Gasteiger partial charge is 0.311 e. The number of carbonyl (C=O) groups excluding carboxylic acids is 3. The Morgan fingerprint density at radius 1 is 0.738 bits per heavy atom. The van der Waals surface area contributed by atoms with E-state index in [1.54, 1.807) is 13.8 Å². The highest BCUT2D eigenvalue weighted by Gasteiger charge is 2.51. The molecule has 0 aromatic heterocycles. The van der Waals surface area contributed by atoms with Crippen LogP contribution in [0.25, 0.3) is 0 Å². The van der Waals surface area contributed by atoms with Crippen molar-refractivity contribution in [1.29, 1.82) is 0 Å². The largest absolute Gasteiger partial charge is 0.511 e. The van der Waals surface area contributed by atoms with Crippen molar-refractivity contribution in [3.63, 3.8) is 0 Å². The number of esters is 1. The molecule has 1 N–H and O–H groups in total. The molecule has 0 aromatic rings. The van der Waals surface area contributed by atoms with Crippen LogP contribution in [0.2, 0.25) is 0 Å². The van der Waals surface area contributed by atoms with Gasteiger partial charge in [-0.3, -0.25) is 14.4 Å². The maximum Gasteiger partial charge on any atom is 0.311 e. The summed E-state index contributed by atoms with van der Waals surface area (Å²) in [5.74, 6) is -0.460. The Labute approximate surface area is 258 Å². The number of unbranched alkanes of at least 4 members (excludes halogenated alkanes) is 8. The third kappa shape index (κ3) is 12.0. The van der Waals surface area contributed by atoms with Gasteiger partial charge in [-0.2, -0.15) is 0 Å². The lowest BCUT2D eigenvalue weighted by Crippen LogP contribution is -2.43. The predicted octanol–water partition coefficient (Wildman–Crippen LogP) is 10.6. The van der Waals surface area contributed by atoms with E-state index in [1.165, 1.54) is 38.5 Å². The molecule has 5 heteroatoms. The van der Waals surface area contributed by atoms with E-state index in [9.17, 15) is 19.5 Å². The van der Waals surface area contributed by atoms with Gasteiger partial charge in [0.05, 0.1) is 5.41 Å². The van der Waals surface area contributed by atoms with E-state index in [2.05, 4.69) is 48.5 Å². The molecule has 0 fully saturated rings. The van der Waals surface area contributed by atoms with Crippen molar-refractivity contribution in [2.24, 2.45) is 29.1 Å². The van der Waals surface area contributed by atoms with Gasteiger partial charge >= 0.3 is 5.97 Å². The highest BCUT2D eigenvalue weighted by atomic mass is 16.5. The van der Waals surface area contributed by atoms with Crippen molar-refractivity contribution >= 4 is 17.5 Å². The summed E-state index contributed by atoms with van der Waals surface area (Å²) in [6.07, 6.45) is 14.2. The first-order chi connectivity index (χ1) is 19.8. The number of rotatable bonds is 22. The second-order valence-electron chi connectivity index (χ2n) is 14.3. The summed E-state index contributed by atoms with van der Waals surface area (Å²) in [5, 5.41) is 12.0. The maximum absolute atomic E-state index is 14.5. The number of allylic oxidation sites excluding steroid dienone is 3. The second-order valence-corrected chi connectivity index (χ2v) is 14.3. The number of hydrogen-bond donors (Lipinski definition) is 1. The third-order valence-electron chi connectivity index (χ3n) is 8.64. The highest BCUT2D eigenvalue weighted by molar-refractivity contribution is 6.25. The third-order valence-corrected chi connectivity index (χ3v) is 8.64. The SMILES string of the molecule is CCCCCCCCCCCC(=O)OC1=C(C(=O)C(C)C)C(=O)C(CCC(C)C)(CCC(C)C)C(O)=C1CCC(C)C. The molecular formula is C37H64O5. The summed E-state index contributed by atoms with van der Waals surface area (Å²) in [6.45, 7) is 18.4. The predicted molar refractivity (Wildman–Crippen MR) is 174 cm³/mol. The summed E-state index contributed by atoms with van der Waals surface area (Å²) in [5.41, 5.74) is -0.678. The van der Waals surface area contributed by atoms with Gasteiger partial charge in [0.25, 0.3) is 0 Å². The average molecular weight is 589 g/mol. The lowest BCUT2D eigenvalue weighted by Gasteiger charge is -2.39. The Kier molecular flexibility index (Phi) is 17.6. The maximum atomic E-state index is 14.5. The molecule has 0 aromatic carbocycles. The van der Waals surface area contributed by atoms with Crippen LogP contribution in [-0.2, 0) is 19.1 Å². The Hall–Kier alpha value is -1.91. The van der Waals surface area contributed by atoms with E-state index in [0.717, 1.165) is 32.1 Å². The molecular weight excluding hydrogens is 524 g/mol. The van der Waals surface area contributed by atoms with Gasteiger partial charge in [-0.25, -0.2) is 0 Å². The monoisotopic (exact) mass is 588 g/mol. The van der Waals surface area contributed by atoms with E-state index in [0.29, 0.717) is 49.0 Å². The summed E-state index contributed by atoms with van der Waals surface area (Å²) < 4.78 is 5.96. The van der Waals surface area contributed by atoms with Gasteiger partial charge < -0.3 is 9.84 Å². The fourth-order valence-electron chi connectivity index (χ4n) is 5.69. The topological polar surface area (TPSA) is 80.7 Å². The summed E-state index contributed by atoms with van der Waals surface area (Å²) in [7, 11) is 0. The molecule has 242 valence electrons. The lowest BCUT2D eigenvalue weighted by molar-refractivity contribution is -0.140. The molecule has 1 aliphatic carbocycles. The molecule has 1 aliphatic rings.